The van der Waals surface area contributed by atoms with Crippen LogP contribution in [0.1, 0.15) is 5.82 Å². The zero-order valence-electron chi connectivity index (χ0n) is 16.7. The number of H-pyrrole nitrogens is 1. The molecule has 3 aromatic heterocycles. The third-order valence-electron chi connectivity index (χ3n) is 4.84. The number of rotatable bonds is 5. The number of halogens is 1. The number of thiophene rings is 1. The minimum Gasteiger partial charge on any atom is -0.495 e. The third-order valence-corrected chi connectivity index (χ3v) is 6.99. The summed E-state index contributed by atoms with van der Waals surface area (Å²) in [4.78, 5) is 37.7. The van der Waals surface area contributed by atoms with E-state index in [-0.39, 0.29) is 11.1 Å². The smallest absolute Gasteiger partial charge is 0.268 e. The van der Waals surface area contributed by atoms with Crippen LogP contribution in [0.2, 0.25) is 5.02 Å². The van der Waals surface area contributed by atoms with Gasteiger partial charge in [0.2, 0.25) is 0 Å². The van der Waals surface area contributed by atoms with E-state index in [1.54, 1.807) is 36.4 Å². The van der Waals surface area contributed by atoms with Gasteiger partial charge in [0, 0.05) is 0 Å². The van der Waals surface area contributed by atoms with Gasteiger partial charge in [-0.05, 0) is 41.8 Å². The minimum atomic E-state index is -0.214. The van der Waals surface area contributed by atoms with Crippen LogP contribution in [0.25, 0.3) is 26.8 Å². The van der Waals surface area contributed by atoms with Gasteiger partial charge in [-0.2, -0.15) is 0 Å². The van der Waals surface area contributed by atoms with Crippen LogP contribution in [0, 0.1) is 0 Å². The second kappa shape index (κ2) is 8.42. The Morgan fingerprint density at radius 2 is 1.97 bits per heavy atom. The molecule has 0 spiro atoms. The topological polar surface area (TPSA) is 89.9 Å². The second-order valence-electron chi connectivity index (χ2n) is 6.81. The van der Waals surface area contributed by atoms with Crippen LogP contribution in [0.4, 0.5) is 0 Å². The van der Waals surface area contributed by atoms with Crippen molar-refractivity contribution in [2.24, 2.45) is 0 Å². The maximum atomic E-state index is 13.4. The van der Waals surface area contributed by atoms with Gasteiger partial charge in [-0.25, -0.2) is 9.97 Å². The molecule has 0 bridgehead atoms. The first-order chi connectivity index (χ1) is 15.5. The zero-order chi connectivity index (χ0) is 22.2. The molecule has 0 atom stereocenters. The van der Waals surface area contributed by atoms with E-state index in [0.29, 0.717) is 54.3 Å². The molecule has 0 fully saturated rings. The SMILES string of the molecule is COc1ccc(-n2c(SCc3nc4ccsc4c(=O)[nH]3)nc3ccccc3c2=O)cc1Cl. The van der Waals surface area contributed by atoms with E-state index >= 15 is 0 Å². The van der Waals surface area contributed by atoms with Gasteiger partial charge in [-0.3, -0.25) is 14.2 Å². The molecule has 1 N–H and O–H groups in total. The fourth-order valence-corrected chi connectivity index (χ4v) is 5.21. The summed E-state index contributed by atoms with van der Waals surface area (Å²) in [6.07, 6.45) is 0. The number of aromatic nitrogens is 4. The Hall–Kier alpha value is -3.14. The van der Waals surface area contributed by atoms with Crippen LogP contribution in [0.3, 0.4) is 0 Å². The Morgan fingerprint density at radius 3 is 2.78 bits per heavy atom. The molecule has 0 amide bonds. The summed E-state index contributed by atoms with van der Waals surface area (Å²) in [6, 6.07) is 14.1. The minimum absolute atomic E-state index is 0.175. The largest absolute Gasteiger partial charge is 0.495 e. The maximum absolute atomic E-state index is 13.4. The average molecular weight is 483 g/mol. The Kier molecular flexibility index (Phi) is 5.46. The molecule has 7 nitrogen and oxygen atoms in total. The van der Waals surface area contributed by atoms with Gasteiger partial charge in [0.15, 0.2) is 5.16 Å². The summed E-state index contributed by atoms with van der Waals surface area (Å²) >= 11 is 8.98. The van der Waals surface area contributed by atoms with Crippen molar-refractivity contribution in [3.05, 3.63) is 85.5 Å². The monoisotopic (exact) mass is 482 g/mol. The number of methoxy groups -OCH3 is 1. The van der Waals surface area contributed by atoms with Gasteiger partial charge in [0.05, 0.1) is 40.0 Å². The van der Waals surface area contributed by atoms with Crippen LogP contribution >= 0.6 is 34.7 Å². The van der Waals surface area contributed by atoms with Crippen molar-refractivity contribution in [2.75, 3.05) is 7.11 Å². The molecule has 0 radical (unpaired) electrons. The molecule has 0 saturated carbocycles. The van der Waals surface area contributed by atoms with Crippen LogP contribution in [0.5, 0.6) is 5.75 Å². The Balaban J connectivity index is 1.62. The number of nitrogens with zero attached hydrogens (tertiary/aromatic N) is 3. The molecule has 5 aromatic rings. The van der Waals surface area contributed by atoms with Gasteiger partial charge in [-0.15, -0.1) is 11.3 Å². The molecule has 3 heterocycles. The number of ether oxygens (including phenoxy) is 1. The summed E-state index contributed by atoms with van der Waals surface area (Å²) in [7, 11) is 1.53. The highest BCUT2D eigenvalue weighted by atomic mass is 35.5. The standard InChI is InChI=1S/C22H15ClN4O3S2/c1-30-17-7-6-12(10-14(17)23)27-21(29)13-4-2-3-5-15(13)25-22(27)32-11-18-24-16-8-9-31-19(16)20(28)26-18/h2-10H,11H2,1H3,(H,24,26,28). The first-order valence-electron chi connectivity index (χ1n) is 9.50. The highest BCUT2D eigenvalue weighted by Gasteiger charge is 2.16. The quantitative estimate of drug-likeness (QED) is 0.290. The molecule has 5 rings (SSSR count). The van der Waals surface area contributed by atoms with Crippen molar-refractivity contribution in [1.82, 2.24) is 19.5 Å². The lowest BCUT2D eigenvalue weighted by atomic mass is 10.2. The zero-order valence-corrected chi connectivity index (χ0v) is 19.1. The number of thioether (sulfide) groups is 1. The van der Waals surface area contributed by atoms with Gasteiger partial charge < -0.3 is 9.72 Å². The van der Waals surface area contributed by atoms with E-state index in [2.05, 4.69) is 9.97 Å². The Morgan fingerprint density at radius 1 is 1.12 bits per heavy atom. The van der Waals surface area contributed by atoms with Gasteiger partial charge in [0.1, 0.15) is 16.3 Å². The molecular weight excluding hydrogens is 468 g/mol. The number of para-hydroxylation sites is 1. The normalized spacial score (nSPS) is 11.3. The summed E-state index contributed by atoms with van der Waals surface area (Å²) in [5.74, 6) is 1.35. The first-order valence-corrected chi connectivity index (χ1v) is 11.7. The first kappa shape index (κ1) is 20.7. The van der Waals surface area contributed by atoms with Crippen LogP contribution < -0.4 is 15.9 Å². The molecule has 32 heavy (non-hydrogen) atoms. The van der Waals surface area contributed by atoms with Crippen LogP contribution in [-0.4, -0.2) is 26.6 Å². The van der Waals surface area contributed by atoms with E-state index in [1.807, 2.05) is 17.5 Å². The average Bonchev–Trinajstić information content (AvgIpc) is 3.27. The van der Waals surface area contributed by atoms with E-state index < -0.39 is 0 Å². The Labute approximate surface area is 194 Å². The van der Waals surface area contributed by atoms with Crippen molar-refractivity contribution in [3.8, 4) is 11.4 Å². The molecule has 0 unspecified atom stereocenters. The Bertz CT molecular complexity index is 1590. The van der Waals surface area contributed by atoms with Crippen LogP contribution in [-0.2, 0) is 5.75 Å². The van der Waals surface area contributed by atoms with Crippen molar-refractivity contribution in [1.29, 1.82) is 0 Å². The van der Waals surface area contributed by atoms with Crippen molar-refractivity contribution in [2.45, 2.75) is 10.9 Å². The fourth-order valence-electron chi connectivity index (χ4n) is 3.35. The molecule has 2 aromatic carbocycles. The van der Waals surface area contributed by atoms with Gasteiger partial charge >= 0.3 is 0 Å². The molecule has 0 saturated heterocycles. The van der Waals surface area contributed by atoms with Crippen molar-refractivity contribution < 1.29 is 4.74 Å². The number of hydrogen-bond acceptors (Lipinski definition) is 7. The molecule has 160 valence electrons. The summed E-state index contributed by atoms with van der Waals surface area (Å²) in [5.41, 5.74) is 1.42. The van der Waals surface area contributed by atoms with Crippen molar-refractivity contribution in [3.63, 3.8) is 0 Å². The van der Waals surface area contributed by atoms with E-state index in [4.69, 9.17) is 21.3 Å². The van der Waals surface area contributed by atoms with Gasteiger partial charge in [0.25, 0.3) is 11.1 Å². The molecule has 0 aliphatic heterocycles. The van der Waals surface area contributed by atoms with Crippen molar-refractivity contribution >= 4 is 55.8 Å². The molecule has 0 aliphatic carbocycles. The number of benzene rings is 2. The number of nitrogens with one attached hydrogen (secondary N) is 1. The number of aromatic amines is 1. The fraction of sp³-hybridized carbons (Fsp3) is 0.0909. The summed E-state index contributed by atoms with van der Waals surface area (Å²) in [6.45, 7) is 0. The highest BCUT2D eigenvalue weighted by molar-refractivity contribution is 7.98. The van der Waals surface area contributed by atoms with Gasteiger partial charge in [-0.1, -0.05) is 35.5 Å². The number of fused-ring (bicyclic) bond motifs is 2. The van der Waals surface area contributed by atoms with E-state index in [1.165, 1.54) is 34.8 Å². The third kappa shape index (κ3) is 3.68. The van der Waals surface area contributed by atoms with E-state index in [9.17, 15) is 9.59 Å². The van der Waals surface area contributed by atoms with E-state index in [0.717, 1.165) is 0 Å². The lowest BCUT2D eigenvalue weighted by Crippen LogP contribution is -2.22. The molecule has 0 aliphatic rings. The molecule has 10 heteroatoms. The number of hydrogen-bond donors (Lipinski definition) is 1. The predicted octanol–water partition coefficient (Wildman–Crippen LogP) is 4.64. The summed E-state index contributed by atoms with van der Waals surface area (Å²) in [5, 5.41) is 3.17. The highest BCUT2D eigenvalue weighted by Crippen LogP contribution is 2.29. The summed E-state index contributed by atoms with van der Waals surface area (Å²) < 4.78 is 7.33. The van der Waals surface area contributed by atoms with Crippen LogP contribution in [0.15, 0.2) is 68.7 Å². The lowest BCUT2D eigenvalue weighted by molar-refractivity contribution is 0.415. The second-order valence-corrected chi connectivity index (χ2v) is 9.07. The molecular formula is C22H15ClN4O3S2. The maximum Gasteiger partial charge on any atom is 0.268 e. The lowest BCUT2D eigenvalue weighted by Gasteiger charge is -2.14. The predicted molar refractivity (Wildman–Crippen MR) is 129 cm³/mol.